The maximum atomic E-state index is 11.5. The number of carbonyl (C=O) groups excluding carboxylic acids is 1. The van der Waals surface area contributed by atoms with Gasteiger partial charge in [0.1, 0.15) is 0 Å². The van der Waals surface area contributed by atoms with Crippen LogP contribution >= 0.6 is 23.9 Å². The van der Waals surface area contributed by atoms with Gasteiger partial charge in [0.15, 0.2) is 5.69 Å². The predicted molar refractivity (Wildman–Crippen MR) is 69.7 cm³/mol. The van der Waals surface area contributed by atoms with Gasteiger partial charge in [0.2, 0.25) is 0 Å². The molecule has 5 nitrogen and oxygen atoms in total. The van der Waals surface area contributed by atoms with E-state index in [0.717, 1.165) is 26.1 Å². The van der Waals surface area contributed by atoms with Gasteiger partial charge in [-0.2, -0.15) is 0 Å². The molecule has 2 heterocycles. The fourth-order valence-corrected chi connectivity index (χ4v) is 2.35. The van der Waals surface area contributed by atoms with Crippen LogP contribution in [0.5, 0.6) is 0 Å². The maximum absolute atomic E-state index is 11.5. The zero-order chi connectivity index (χ0) is 11.2. The Bertz CT molecular complexity index is 327. The number of carbonyl (C=O) groups is 1. The Morgan fingerprint density at radius 1 is 1.65 bits per heavy atom. The highest BCUT2D eigenvalue weighted by molar-refractivity contribution is 7.03. The molecule has 0 spiro atoms. The van der Waals surface area contributed by atoms with E-state index >= 15 is 0 Å². The number of amides is 1. The third-order valence-electron chi connectivity index (χ3n) is 2.83. The van der Waals surface area contributed by atoms with Gasteiger partial charge in [-0.15, -0.1) is 17.5 Å². The third kappa shape index (κ3) is 4.57. The standard InChI is InChI=1S/C10H16N4OS.ClH/c15-10(9-7-16-14-13-9)12-5-3-8-2-1-4-11-6-8;/h7-8,11H,1-6H2,(H,12,15);1H. The summed E-state index contributed by atoms with van der Waals surface area (Å²) in [6, 6.07) is 0. The number of piperidine rings is 1. The van der Waals surface area contributed by atoms with E-state index in [9.17, 15) is 4.79 Å². The molecular weight excluding hydrogens is 260 g/mol. The molecular formula is C10H17ClN4OS. The minimum absolute atomic E-state index is 0. The lowest BCUT2D eigenvalue weighted by molar-refractivity contribution is 0.0945. The van der Waals surface area contributed by atoms with Crippen molar-refractivity contribution >= 4 is 29.8 Å². The van der Waals surface area contributed by atoms with Gasteiger partial charge in [0.05, 0.1) is 0 Å². The van der Waals surface area contributed by atoms with Crippen molar-refractivity contribution in [3.8, 4) is 0 Å². The van der Waals surface area contributed by atoms with Crippen LogP contribution in [0.15, 0.2) is 5.38 Å². The first kappa shape index (κ1) is 14.3. The van der Waals surface area contributed by atoms with Crippen LogP contribution in [0.2, 0.25) is 0 Å². The van der Waals surface area contributed by atoms with Crippen molar-refractivity contribution in [1.29, 1.82) is 0 Å². The van der Waals surface area contributed by atoms with Crippen LogP contribution in [0.1, 0.15) is 29.8 Å². The number of rotatable bonds is 4. The van der Waals surface area contributed by atoms with Crippen LogP contribution < -0.4 is 10.6 Å². The molecule has 2 N–H and O–H groups in total. The number of halogens is 1. The van der Waals surface area contributed by atoms with E-state index < -0.39 is 0 Å². The van der Waals surface area contributed by atoms with Crippen LogP contribution in [0.25, 0.3) is 0 Å². The second kappa shape index (κ2) is 7.58. The van der Waals surface area contributed by atoms with E-state index in [1.807, 2.05) is 0 Å². The smallest absolute Gasteiger partial charge is 0.272 e. The molecule has 2 rings (SSSR count). The number of nitrogens with one attached hydrogen (secondary N) is 2. The van der Waals surface area contributed by atoms with E-state index in [0.29, 0.717) is 11.6 Å². The van der Waals surface area contributed by atoms with Gasteiger partial charge < -0.3 is 10.6 Å². The minimum Gasteiger partial charge on any atom is -0.351 e. The van der Waals surface area contributed by atoms with Crippen molar-refractivity contribution in [3.63, 3.8) is 0 Å². The lowest BCUT2D eigenvalue weighted by Crippen LogP contribution is -2.33. The normalized spacial score (nSPS) is 19.4. The number of nitrogens with zero attached hydrogens (tertiary/aromatic N) is 2. The summed E-state index contributed by atoms with van der Waals surface area (Å²) in [4.78, 5) is 11.5. The molecule has 0 bridgehead atoms. The van der Waals surface area contributed by atoms with E-state index in [2.05, 4.69) is 20.2 Å². The maximum Gasteiger partial charge on any atom is 0.272 e. The highest BCUT2D eigenvalue weighted by Crippen LogP contribution is 2.12. The molecule has 1 aromatic heterocycles. The summed E-state index contributed by atoms with van der Waals surface area (Å²) < 4.78 is 3.66. The fraction of sp³-hybridized carbons (Fsp3) is 0.700. The van der Waals surface area contributed by atoms with Crippen molar-refractivity contribution in [2.24, 2.45) is 5.92 Å². The lowest BCUT2D eigenvalue weighted by atomic mass is 9.96. The fourth-order valence-electron chi connectivity index (χ4n) is 1.91. The minimum atomic E-state index is -0.113. The number of hydrogen-bond donors (Lipinski definition) is 2. The summed E-state index contributed by atoms with van der Waals surface area (Å²) in [5.74, 6) is 0.583. The van der Waals surface area contributed by atoms with Crippen molar-refractivity contribution < 1.29 is 4.79 Å². The first-order chi connectivity index (χ1) is 7.86. The van der Waals surface area contributed by atoms with Crippen LogP contribution in [-0.2, 0) is 0 Å². The Hall–Kier alpha value is -0.720. The highest BCUT2D eigenvalue weighted by Gasteiger charge is 2.13. The van der Waals surface area contributed by atoms with Crippen LogP contribution in [-0.4, -0.2) is 35.1 Å². The molecule has 1 saturated heterocycles. The molecule has 1 aromatic rings. The topological polar surface area (TPSA) is 66.9 Å². The Morgan fingerprint density at radius 2 is 2.53 bits per heavy atom. The predicted octanol–water partition coefficient (Wildman–Crippen LogP) is 1.08. The molecule has 96 valence electrons. The summed E-state index contributed by atoms with van der Waals surface area (Å²) in [6.45, 7) is 2.93. The third-order valence-corrected chi connectivity index (χ3v) is 3.33. The molecule has 1 atom stereocenters. The van der Waals surface area contributed by atoms with Crippen LogP contribution in [0, 0.1) is 5.92 Å². The first-order valence-corrected chi connectivity index (χ1v) is 6.46. The molecule has 1 unspecified atom stereocenters. The second-order valence-electron chi connectivity index (χ2n) is 4.05. The van der Waals surface area contributed by atoms with E-state index in [-0.39, 0.29) is 18.3 Å². The number of aromatic nitrogens is 2. The van der Waals surface area contributed by atoms with Crippen molar-refractivity contribution in [3.05, 3.63) is 11.1 Å². The molecule has 7 heteroatoms. The van der Waals surface area contributed by atoms with Gasteiger partial charge in [-0.3, -0.25) is 4.79 Å². The van der Waals surface area contributed by atoms with Gasteiger partial charge in [0.25, 0.3) is 5.91 Å². The summed E-state index contributed by atoms with van der Waals surface area (Å²) in [5.41, 5.74) is 0.423. The van der Waals surface area contributed by atoms with E-state index in [1.165, 1.54) is 24.4 Å². The monoisotopic (exact) mass is 276 g/mol. The zero-order valence-electron chi connectivity index (χ0n) is 9.52. The Morgan fingerprint density at radius 3 is 3.18 bits per heavy atom. The molecule has 0 radical (unpaired) electrons. The number of hydrogen-bond acceptors (Lipinski definition) is 5. The Labute approximate surface area is 111 Å². The second-order valence-corrected chi connectivity index (χ2v) is 4.66. The Kier molecular flexibility index (Phi) is 6.39. The molecule has 1 aliphatic heterocycles. The molecule has 0 saturated carbocycles. The summed E-state index contributed by atoms with van der Waals surface area (Å²) in [5, 5.41) is 11.6. The van der Waals surface area contributed by atoms with Crippen LogP contribution in [0.3, 0.4) is 0 Å². The van der Waals surface area contributed by atoms with Crippen molar-refractivity contribution in [2.45, 2.75) is 19.3 Å². The molecule has 1 amide bonds. The summed E-state index contributed by atoms with van der Waals surface area (Å²) in [7, 11) is 0. The molecule has 17 heavy (non-hydrogen) atoms. The largest absolute Gasteiger partial charge is 0.351 e. The van der Waals surface area contributed by atoms with Crippen molar-refractivity contribution in [2.75, 3.05) is 19.6 Å². The Balaban J connectivity index is 0.00000144. The molecule has 1 aliphatic rings. The summed E-state index contributed by atoms with van der Waals surface area (Å²) in [6.07, 6.45) is 3.55. The SMILES string of the molecule is Cl.O=C(NCCC1CCCNC1)c1csnn1. The van der Waals surface area contributed by atoms with E-state index in [1.54, 1.807) is 5.38 Å². The molecule has 0 aliphatic carbocycles. The first-order valence-electron chi connectivity index (χ1n) is 5.62. The molecule has 0 aromatic carbocycles. The van der Waals surface area contributed by atoms with E-state index in [4.69, 9.17) is 0 Å². The van der Waals surface area contributed by atoms with Gasteiger partial charge >= 0.3 is 0 Å². The molecule has 1 fully saturated rings. The van der Waals surface area contributed by atoms with Gasteiger partial charge in [-0.1, -0.05) is 4.49 Å². The average Bonchev–Trinajstić information content (AvgIpc) is 2.84. The zero-order valence-corrected chi connectivity index (χ0v) is 11.1. The quantitative estimate of drug-likeness (QED) is 0.864. The highest BCUT2D eigenvalue weighted by atomic mass is 35.5. The van der Waals surface area contributed by atoms with Gasteiger partial charge in [-0.05, 0) is 49.8 Å². The average molecular weight is 277 g/mol. The van der Waals surface area contributed by atoms with Gasteiger partial charge in [-0.25, -0.2) is 0 Å². The summed E-state index contributed by atoms with van der Waals surface area (Å²) >= 11 is 1.20. The van der Waals surface area contributed by atoms with Crippen LogP contribution in [0.4, 0.5) is 0 Å². The van der Waals surface area contributed by atoms with Crippen molar-refractivity contribution in [1.82, 2.24) is 20.2 Å². The lowest BCUT2D eigenvalue weighted by Gasteiger charge is -2.22. The van der Waals surface area contributed by atoms with Gasteiger partial charge in [0, 0.05) is 11.9 Å².